The number of carbonyl (C=O) groups is 2. The summed E-state index contributed by atoms with van der Waals surface area (Å²) in [6, 6.07) is 7.56. The van der Waals surface area contributed by atoms with Gasteiger partial charge >= 0.3 is 0 Å². The average molecular weight is 267 g/mol. The molecule has 0 heterocycles. The maximum Gasteiger partial charge on any atom is 0.238 e. The zero-order valence-corrected chi connectivity index (χ0v) is 11.3. The van der Waals surface area contributed by atoms with Gasteiger partial charge in [-0.3, -0.25) is 14.5 Å². The van der Waals surface area contributed by atoms with Gasteiger partial charge in [0.2, 0.25) is 11.8 Å². The monoisotopic (exact) mass is 267 g/mol. The Labute approximate surface area is 111 Å². The number of rotatable bonds is 6. The predicted molar refractivity (Wildman–Crippen MR) is 73.5 cm³/mol. The third kappa shape index (κ3) is 4.77. The summed E-state index contributed by atoms with van der Waals surface area (Å²) in [6.07, 6.45) is 1.95. The third-order valence-electron chi connectivity index (χ3n) is 2.22. The third-order valence-corrected chi connectivity index (χ3v) is 3.02. The first-order chi connectivity index (χ1) is 8.52. The summed E-state index contributed by atoms with van der Waals surface area (Å²) in [7, 11) is 1.67. The van der Waals surface area contributed by atoms with E-state index in [0.717, 1.165) is 10.6 Å². The van der Waals surface area contributed by atoms with Gasteiger partial charge in [-0.05, 0) is 25.4 Å². The van der Waals surface area contributed by atoms with Gasteiger partial charge in [-0.1, -0.05) is 12.1 Å². The molecule has 1 aromatic rings. The van der Waals surface area contributed by atoms with E-state index >= 15 is 0 Å². The minimum Gasteiger partial charge on any atom is -0.369 e. The first kappa shape index (κ1) is 14.5. The molecule has 18 heavy (non-hydrogen) atoms. The van der Waals surface area contributed by atoms with Crippen molar-refractivity contribution < 1.29 is 9.59 Å². The summed E-state index contributed by atoms with van der Waals surface area (Å²) in [5, 5.41) is 2.81. The minimum absolute atomic E-state index is 0.0671. The Morgan fingerprint density at radius 3 is 2.61 bits per heavy atom. The Kier molecular flexibility index (Phi) is 5.67. The molecule has 0 aliphatic rings. The molecule has 0 bridgehead atoms. The molecule has 0 saturated carbocycles. The van der Waals surface area contributed by atoms with E-state index in [1.165, 1.54) is 0 Å². The number of hydrogen-bond donors (Lipinski definition) is 2. The molecule has 0 aliphatic carbocycles. The van der Waals surface area contributed by atoms with Crippen molar-refractivity contribution in [2.45, 2.75) is 4.90 Å². The molecule has 98 valence electrons. The van der Waals surface area contributed by atoms with Crippen molar-refractivity contribution in [1.82, 2.24) is 4.90 Å². The van der Waals surface area contributed by atoms with E-state index in [0.29, 0.717) is 0 Å². The molecule has 1 aromatic carbocycles. The fourth-order valence-electron chi connectivity index (χ4n) is 1.50. The molecule has 6 heteroatoms. The SMILES string of the molecule is CSc1ccccc1NC(=O)CN(C)CC(N)=O. The van der Waals surface area contributed by atoms with Crippen LogP contribution in [0.5, 0.6) is 0 Å². The van der Waals surface area contributed by atoms with Gasteiger partial charge in [0.15, 0.2) is 0 Å². The van der Waals surface area contributed by atoms with E-state index in [2.05, 4.69) is 5.32 Å². The van der Waals surface area contributed by atoms with Gasteiger partial charge in [-0.15, -0.1) is 11.8 Å². The number of hydrogen-bond acceptors (Lipinski definition) is 4. The van der Waals surface area contributed by atoms with Crippen LogP contribution in [0.2, 0.25) is 0 Å². The van der Waals surface area contributed by atoms with Crippen LogP contribution in [0.3, 0.4) is 0 Å². The molecule has 5 nitrogen and oxygen atoms in total. The van der Waals surface area contributed by atoms with Crippen molar-refractivity contribution in [3.63, 3.8) is 0 Å². The molecule has 0 aromatic heterocycles. The lowest BCUT2D eigenvalue weighted by Crippen LogP contribution is -2.36. The van der Waals surface area contributed by atoms with E-state index in [1.807, 2.05) is 30.5 Å². The van der Waals surface area contributed by atoms with E-state index in [1.54, 1.807) is 23.7 Å². The van der Waals surface area contributed by atoms with Crippen molar-refractivity contribution in [1.29, 1.82) is 0 Å². The van der Waals surface area contributed by atoms with Gasteiger partial charge in [0.1, 0.15) is 0 Å². The summed E-state index contributed by atoms with van der Waals surface area (Å²) in [5.74, 6) is -0.616. The second-order valence-corrected chi connectivity index (χ2v) is 4.74. The van der Waals surface area contributed by atoms with Gasteiger partial charge in [-0.2, -0.15) is 0 Å². The smallest absolute Gasteiger partial charge is 0.238 e. The zero-order valence-electron chi connectivity index (χ0n) is 10.5. The molecule has 0 aliphatic heterocycles. The Bertz CT molecular complexity index is 437. The summed E-state index contributed by atoms with van der Waals surface area (Å²) in [4.78, 5) is 25.0. The van der Waals surface area contributed by atoms with Crippen LogP contribution in [0.4, 0.5) is 5.69 Å². The highest BCUT2D eigenvalue weighted by atomic mass is 32.2. The fraction of sp³-hybridized carbons (Fsp3) is 0.333. The predicted octanol–water partition coefficient (Wildman–Crippen LogP) is 0.764. The Balaban J connectivity index is 2.56. The minimum atomic E-state index is -0.449. The number of anilines is 1. The lowest BCUT2D eigenvalue weighted by molar-refractivity contribution is -0.120. The average Bonchev–Trinajstić information content (AvgIpc) is 2.28. The number of nitrogens with two attached hydrogens (primary N) is 1. The maximum absolute atomic E-state index is 11.8. The lowest BCUT2D eigenvalue weighted by atomic mass is 10.3. The Morgan fingerprint density at radius 1 is 1.33 bits per heavy atom. The molecule has 0 fully saturated rings. The number of benzene rings is 1. The number of amides is 2. The van der Waals surface area contributed by atoms with E-state index in [-0.39, 0.29) is 19.0 Å². The van der Waals surface area contributed by atoms with Crippen LogP contribution in [0.25, 0.3) is 0 Å². The fourth-order valence-corrected chi connectivity index (χ4v) is 2.06. The number of para-hydroxylation sites is 1. The summed E-state index contributed by atoms with van der Waals surface area (Å²) < 4.78 is 0. The highest BCUT2D eigenvalue weighted by Gasteiger charge is 2.10. The first-order valence-electron chi connectivity index (χ1n) is 5.42. The zero-order chi connectivity index (χ0) is 13.5. The normalized spacial score (nSPS) is 10.4. The molecule has 0 radical (unpaired) electrons. The molecule has 0 spiro atoms. The maximum atomic E-state index is 11.8. The van der Waals surface area contributed by atoms with Crippen LogP contribution in [0, 0.1) is 0 Å². The van der Waals surface area contributed by atoms with Crippen molar-refractivity contribution in [2.24, 2.45) is 5.73 Å². The molecule has 0 saturated heterocycles. The van der Waals surface area contributed by atoms with E-state index in [9.17, 15) is 9.59 Å². The number of thioether (sulfide) groups is 1. The second kappa shape index (κ2) is 7.03. The van der Waals surface area contributed by atoms with Crippen LogP contribution >= 0.6 is 11.8 Å². The van der Waals surface area contributed by atoms with E-state index < -0.39 is 5.91 Å². The standard InChI is InChI=1S/C12H17N3O2S/c1-15(7-11(13)16)8-12(17)14-9-5-3-4-6-10(9)18-2/h3-6H,7-8H2,1-2H3,(H2,13,16)(H,14,17). The largest absolute Gasteiger partial charge is 0.369 e. The summed E-state index contributed by atoms with van der Waals surface area (Å²) >= 11 is 1.56. The number of carbonyl (C=O) groups excluding carboxylic acids is 2. The molecular weight excluding hydrogens is 250 g/mol. The van der Waals surface area contributed by atoms with Gasteiger partial charge < -0.3 is 11.1 Å². The number of nitrogens with zero attached hydrogens (tertiary/aromatic N) is 1. The molecule has 0 atom stereocenters. The quantitative estimate of drug-likeness (QED) is 0.746. The van der Waals surface area contributed by atoms with Gasteiger partial charge in [-0.25, -0.2) is 0 Å². The van der Waals surface area contributed by atoms with Gasteiger partial charge in [0.25, 0.3) is 0 Å². The van der Waals surface area contributed by atoms with Crippen LogP contribution in [0.1, 0.15) is 0 Å². The summed E-state index contributed by atoms with van der Waals surface area (Å²) in [5.41, 5.74) is 5.83. The summed E-state index contributed by atoms with van der Waals surface area (Å²) in [6.45, 7) is 0.198. The Hall–Kier alpha value is -1.53. The van der Waals surface area contributed by atoms with Crippen LogP contribution in [-0.2, 0) is 9.59 Å². The Morgan fingerprint density at radius 2 is 2.00 bits per heavy atom. The second-order valence-electron chi connectivity index (χ2n) is 3.89. The van der Waals surface area contributed by atoms with Crippen LogP contribution in [-0.4, -0.2) is 43.1 Å². The molecule has 0 unspecified atom stereocenters. The van der Waals surface area contributed by atoms with Gasteiger partial charge in [0, 0.05) is 4.90 Å². The highest BCUT2D eigenvalue weighted by molar-refractivity contribution is 7.98. The van der Waals surface area contributed by atoms with Crippen LogP contribution < -0.4 is 11.1 Å². The topological polar surface area (TPSA) is 75.4 Å². The molecular formula is C12H17N3O2S. The van der Waals surface area contributed by atoms with E-state index in [4.69, 9.17) is 5.73 Å². The van der Waals surface area contributed by atoms with Crippen molar-refractivity contribution in [3.05, 3.63) is 24.3 Å². The van der Waals surface area contributed by atoms with Crippen molar-refractivity contribution in [3.8, 4) is 0 Å². The first-order valence-corrected chi connectivity index (χ1v) is 6.65. The molecule has 2 amide bonds. The lowest BCUT2D eigenvalue weighted by Gasteiger charge is -2.15. The van der Waals surface area contributed by atoms with Crippen molar-refractivity contribution >= 4 is 29.3 Å². The molecule has 1 rings (SSSR count). The number of primary amides is 1. The number of likely N-dealkylation sites (N-methyl/N-ethyl adjacent to an activating group) is 1. The van der Waals surface area contributed by atoms with Crippen LogP contribution in [0.15, 0.2) is 29.2 Å². The highest BCUT2D eigenvalue weighted by Crippen LogP contribution is 2.24. The van der Waals surface area contributed by atoms with Crippen molar-refractivity contribution in [2.75, 3.05) is 31.7 Å². The van der Waals surface area contributed by atoms with Gasteiger partial charge in [0.05, 0.1) is 18.8 Å². The molecule has 3 N–H and O–H groups in total. The number of nitrogens with one attached hydrogen (secondary N) is 1.